The first-order valence-corrected chi connectivity index (χ1v) is 11.2. The molecule has 0 spiro atoms. The zero-order chi connectivity index (χ0) is 21.5. The van der Waals surface area contributed by atoms with Crippen LogP contribution in [0.1, 0.15) is 52.0 Å². The van der Waals surface area contributed by atoms with E-state index >= 15 is 0 Å². The number of halogens is 1. The van der Waals surface area contributed by atoms with Gasteiger partial charge in [0.1, 0.15) is 0 Å². The Morgan fingerprint density at radius 2 is 1.74 bits per heavy atom. The molecule has 6 nitrogen and oxygen atoms in total. The van der Waals surface area contributed by atoms with Crippen LogP contribution in [-0.2, 0) is 11.3 Å². The number of amides is 3. The highest BCUT2D eigenvalue weighted by Crippen LogP contribution is 2.39. The van der Waals surface area contributed by atoms with Crippen LogP contribution >= 0.6 is 11.6 Å². The van der Waals surface area contributed by atoms with Crippen LogP contribution in [0.15, 0.2) is 42.5 Å². The Labute approximate surface area is 186 Å². The number of rotatable bonds is 5. The molecule has 7 heteroatoms. The van der Waals surface area contributed by atoms with Gasteiger partial charge in [0.15, 0.2) is 0 Å². The van der Waals surface area contributed by atoms with E-state index in [1.165, 1.54) is 4.90 Å². The van der Waals surface area contributed by atoms with Crippen LogP contribution in [0, 0.1) is 5.92 Å². The third kappa shape index (κ3) is 3.81. The van der Waals surface area contributed by atoms with Crippen molar-refractivity contribution >= 4 is 35.0 Å². The molecule has 2 aromatic rings. The largest absolute Gasteiger partial charge is 0.371 e. The zero-order valence-corrected chi connectivity index (χ0v) is 17.9. The van der Waals surface area contributed by atoms with E-state index in [2.05, 4.69) is 10.2 Å². The Hall–Kier alpha value is -2.86. The second-order valence-electron chi connectivity index (χ2n) is 8.52. The smallest absolute Gasteiger partial charge is 0.263 e. The van der Waals surface area contributed by atoms with E-state index in [1.807, 2.05) is 36.4 Å². The summed E-state index contributed by atoms with van der Waals surface area (Å²) in [6.07, 6.45) is 3.21. The molecule has 31 heavy (non-hydrogen) atoms. The molecule has 0 bridgehead atoms. The van der Waals surface area contributed by atoms with E-state index in [-0.39, 0.29) is 29.7 Å². The number of nitrogens with one attached hydrogen (secondary N) is 1. The van der Waals surface area contributed by atoms with Gasteiger partial charge >= 0.3 is 0 Å². The lowest BCUT2D eigenvalue weighted by Crippen LogP contribution is -2.41. The first kappa shape index (κ1) is 20.1. The van der Waals surface area contributed by atoms with Gasteiger partial charge in [-0.1, -0.05) is 29.8 Å². The summed E-state index contributed by atoms with van der Waals surface area (Å²) in [5.41, 5.74) is 2.83. The van der Waals surface area contributed by atoms with Crippen LogP contribution < -0.4 is 10.2 Å². The van der Waals surface area contributed by atoms with Crippen molar-refractivity contribution in [1.29, 1.82) is 0 Å². The average molecular weight is 438 g/mol. The third-order valence-electron chi connectivity index (χ3n) is 6.40. The van der Waals surface area contributed by atoms with E-state index in [9.17, 15) is 14.4 Å². The number of anilines is 1. The van der Waals surface area contributed by atoms with Crippen LogP contribution in [0.25, 0.3) is 0 Å². The fraction of sp³-hybridized carbons (Fsp3) is 0.375. The van der Waals surface area contributed by atoms with Crippen molar-refractivity contribution in [3.8, 4) is 0 Å². The van der Waals surface area contributed by atoms with Crippen LogP contribution in [-0.4, -0.2) is 41.8 Å². The predicted molar refractivity (Wildman–Crippen MR) is 118 cm³/mol. The number of carbonyl (C=O) groups is 3. The Balaban J connectivity index is 1.23. The lowest BCUT2D eigenvalue weighted by molar-refractivity contribution is -0.125. The third-order valence-corrected chi connectivity index (χ3v) is 6.63. The molecule has 2 aromatic carbocycles. The van der Waals surface area contributed by atoms with Gasteiger partial charge in [-0.3, -0.25) is 19.3 Å². The molecule has 3 amide bonds. The van der Waals surface area contributed by atoms with Gasteiger partial charge in [0.25, 0.3) is 11.8 Å². The summed E-state index contributed by atoms with van der Waals surface area (Å²) in [6.45, 7) is 1.81. The maximum Gasteiger partial charge on any atom is 0.263 e. The molecule has 0 unspecified atom stereocenters. The van der Waals surface area contributed by atoms with Crippen molar-refractivity contribution in [1.82, 2.24) is 10.2 Å². The van der Waals surface area contributed by atoms with Gasteiger partial charge in [0.05, 0.1) is 16.8 Å². The molecule has 0 atom stereocenters. The standard InChI is InChI=1S/C24H24ClN3O3/c25-17-4-1-3-15(13-17)14-26-22(29)16-9-11-27(12-10-16)20-6-2-5-19-21(20)24(31)28(23(19)30)18-7-8-18/h1-6,13,16,18H,7-12,14H2,(H,26,29). The maximum atomic E-state index is 13.0. The van der Waals surface area contributed by atoms with Crippen LogP contribution in [0.2, 0.25) is 5.02 Å². The van der Waals surface area contributed by atoms with E-state index < -0.39 is 0 Å². The molecule has 0 radical (unpaired) electrons. The van der Waals surface area contributed by atoms with Crippen molar-refractivity contribution < 1.29 is 14.4 Å². The molecule has 160 valence electrons. The first-order valence-electron chi connectivity index (χ1n) is 10.8. The van der Waals surface area contributed by atoms with Crippen molar-refractivity contribution in [2.45, 2.75) is 38.3 Å². The normalized spacial score (nSPS) is 19.0. The number of fused-ring (bicyclic) bond motifs is 1. The summed E-state index contributed by atoms with van der Waals surface area (Å²) >= 11 is 6.01. The molecule has 1 N–H and O–H groups in total. The summed E-state index contributed by atoms with van der Waals surface area (Å²) in [5, 5.41) is 3.66. The summed E-state index contributed by atoms with van der Waals surface area (Å²) in [5.74, 6) is -0.351. The maximum absolute atomic E-state index is 13.0. The molecular formula is C24H24ClN3O3. The number of hydrogen-bond acceptors (Lipinski definition) is 4. The lowest BCUT2D eigenvalue weighted by Gasteiger charge is -2.33. The molecule has 2 fully saturated rings. The Morgan fingerprint density at radius 1 is 1.00 bits per heavy atom. The minimum absolute atomic E-state index is 0.0454. The average Bonchev–Trinajstić information content (AvgIpc) is 3.58. The van der Waals surface area contributed by atoms with E-state index in [4.69, 9.17) is 11.6 Å². The van der Waals surface area contributed by atoms with Gasteiger partial charge in [-0.05, 0) is 55.5 Å². The number of nitrogens with zero attached hydrogens (tertiary/aromatic N) is 2. The van der Waals surface area contributed by atoms with E-state index in [0.717, 1.165) is 24.1 Å². The fourth-order valence-electron chi connectivity index (χ4n) is 4.58. The van der Waals surface area contributed by atoms with Gasteiger partial charge in [-0.25, -0.2) is 0 Å². The van der Waals surface area contributed by atoms with E-state index in [1.54, 1.807) is 6.07 Å². The zero-order valence-electron chi connectivity index (χ0n) is 17.1. The number of imide groups is 1. The van der Waals surface area contributed by atoms with Crippen molar-refractivity contribution in [2.75, 3.05) is 18.0 Å². The molecule has 5 rings (SSSR count). The Morgan fingerprint density at radius 3 is 2.45 bits per heavy atom. The van der Waals surface area contributed by atoms with Crippen LogP contribution in [0.5, 0.6) is 0 Å². The quantitative estimate of drug-likeness (QED) is 0.725. The highest BCUT2D eigenvalue weighted by atomic mass is 35.5. The molecule has 1 saturated heterocycles. The minimum Gasteiger partial charge on any atom is -0.371 e. The molecule has 2 heterocycles. The molecule has 1 saturated carbocycles. The van der Waals surface area contributed by atoms with Crippen LogP contribution in [0.4, 0.5) is 5.69 Å². The number of hydrogen-bond donors (Lipinski definition) is 1. The molecule has 3 aliphatic rings. The Kier molecular flexibility index (Phi) is 5.18. The second kappa shape index (κ2) is 8.00. The van der Waals surface area contributed by atoms with Crippen molar-refractivity contribution in [3.63, 3.8) is 0 Å². The number of benzene rings is 2. The van der Waals surface area contributed by atoms with Gasteiger partial charge in [0, 0.05) is 36.6 Å². The highest BCUT2D eigenvalue weighted by Gasteiger charge is 2.46. The minimum atomic E-state index is -0.167. The molecule has 2 aliphatic heterocycles. The molecule has 0 aromatic heterocycles. The van der Waals surface area contributed by atoms with Crippen molar-refractivity contribution in [2.24, 2.45) is 5.92 Å². The van der Waals surface area contributed by atoms with Gasteiger partial charge in [-0.15, -0.1) is 0 Å². The van der Waals surface area contributed by atoms with Crippen LogP contribution in [0.3, 0.4) is 0 Å². The topological polar surface area (TPSA) is 69.7 Å². The van der Waals surface area contributed by atoms with Gasteiger partial charge in [0.2, 0.25) is 5.91 Å². The monoisotopic (exact) mass is 437 g/mol. The van der Waals surface area contributed by atoms with E-state index in [0.29, 0.717) is 48.6 Å². The van der Waals surface area contributed by atoms with Gasteiger partial charge < -0.3 is 10.2 Å². The first-order chi connectivity index (χ1) is 15.0. The summed E-state index contributed by atoms with van der Waals surface area (Å²) in [4.78, 5) is 41.9. The predicted octanol–water partition coefficient (Wildman–Crippen LogP) is 3.63. The molecular weight excluding hydrogens is 414 g/mol. The SMILES string of the molecule is O=C(NCc1cccc(Cl)c1)C1CCN(c2cccc3c2C(=O)N(C2CC2)C3=O)CC1. The second-order valence-corrected chi connectivity index (χ2v) is 8.96. The number of piperidine rings is 1. The Bertz CT molecular complexity index is 1060. The summed E-state index contributed by atoms with van der Waals surface area (Å²) < 4.78 is 0. The van der Waals surface area contributed by atoms with Gasteiger partial charge in [-0.2, -0.15) is 0 Å². The fourth-order valence-corrected chi connectivity index (χ4v) is 4.79. The molecule has 1 aliphatic carbocycles. The summed E-state index contributed by atoms with van der Waals surface area (Å²) in [7, 11) is 0. The van der Waals surface area contributed by atoms with Crippen molar-refractivity contribution in [3.05, 3.63) is 64.2 Å². The number of carbonyl (C=O) groups excluding carboxylic acids is 3. The summed E-state index contributed by atoms with van der Waals surface area (Å²) in [6, 6.07) is 13.0. The highest BCUT2D eigenvalue weighted by molar-refractivity contribution is 6.30. The lowest BCUT2D eigenvalue weighted by atomic mass is 9.94.